The molecule has 28 heavy (non-hydrogen) atoms. The largest absolute Gasteiger partial charge is 0.383 e. The third-order valence-electron chi connectivity index (χ3n) is 5.13. The van der Waals surface area contributed by atoms with Gasteiger partial charge in [-0.05, 0) is 24.1 Å². The fourth-order valence-corrected chi connectivity index (χ4v) is 3.43. The van der Waals surface area contributed by atoms with E-state index in [9.17, 15) is 4.79 Å². The highest BCUT2D eigenvalue weighted by Crippen LogP contribution is 2.13. The van der Waals surface area contributed by atoms with Crippen molar-refractivity contribution in [3.05, 3.63) is 59.9 Å². The zero-order chi connectivity index (χ0) is 20.0. The first-order valence-electron chi connectivity index (χ1n) is 10.7. The molecule has 154 valence electrons. The van der Waals surface area contributed by atoms with Gasteiger partial charge in [0.1, 0.15) is 0 Å². The second-order valence-corrected chi connectivity index (χ2v) is 7.44. The number of ether oxygens (including phenoxy) is 1. The van der Waals surface area contributed by atoms with Gasteiger partial charge in [0.15, 0.2) is 0 Å². The number of aromatic nitrogens is 1. The van der Waals surface area contributed by atoms with Gasteiger partial charge in [-0.15, -0.1) is 0 Å². The number of amides is 1. The maximum absolute atomic E-state index is 12.8. The van der Waals surface area contributed by atoms with Gasteiger partial charge in [-0.3, -0.25) is 4.79 Å². The minimum Gasteiger partial charge on any atom is -0.383 e. The predicted molar refractivity (Wildman–Crippen MR) is 115 cm³/mol. The smallest absolute Gasteiger partial charge is 0.222 e. The Labute approximate surface area is 170 Å². The molecule has 0 saturated carbocycles. The van der Waals surface area contributed by atoms with Crippen molar-refractivity contribution in [1.29, 1.82) is 0 Å². The molecule has 0 aliphatic heterocycles. The molecule has 0 aliphatic rings. The molecule has 0 bridgehead atoms. The monoisotopic (exact) mass is 384 g/mol. The minimum atomic E-state index is 0.236. The van der Waals surface area contributed by atoms with E-state index in [-0.39, 0.29) is 5.91 Å². The SMILES string of the molecule is CCCCCCCCC(=O)N(CCOC)Cc1cccn1Cc1ccccc1. The number of nitrogens with zero attached hydrogens (tertiary/aromatic N) is 2. The van der Waals surface area contributed by atoms with Crippen molar-refractivity contribution in [2.45, 2.75) is 65.0 Å². The molecule has 0 radical (unpaired) electrons. The number of unbranched alkanes of at least 4 members (excludes halogenated alkanes) is 5. The van der Waals surface area contributed by atoms with E-state index in [1.807, 2.05) is 11.0 Å². The van der Waals surface area contributed by atoms with E-state index >= 15 is 0 Å². The van der Waals surface area contributed by atoms with E-state index in [1.54, 1.807) is 7.11 Å². The molecule has 0 aliphatic carbocycles. The Morgan fingerprint density at radius 3 is 2.50 bits per heavy atom. The first-order valence-corrected chi connectivity index (χ1v) is 10.7. The molecule has 0 fully saturated rings. The first kappa shape index (κ1) is 22.2. The van der Waals surface area contributed by atoms with Gasteiger partial charge in [-0.2, -0.15) is 0 Å². The van der Waals surface area contributed by atoms with Gasteiger partial charge in [-0.1, -0.05) is 69.4 Å². The Balaban J connectivity index is 1.90. The molecule has 0 spiro atoms. The van der Waals surface area contributed by atoms with Crippen LogP contribution in [-0.4, -0.2) is 35.6 Å². The molecule has 0 unspecified atom stereocenters. The van der Waals surface area contributed by atoms with Crippen molar-refractivity contribution >= 4 is 5.91 Å². The van der Waals surface area contributed by atoms with Crippen molar-refractivity contribution in [1.82, 2.24) is 9.47 Å². The minimum absolute atomic E-state index is 0.236. The van der Waals surface area contributed by atoms with E-state index in [2.05, 4.69) is 54.1 Å². The average molecular weight is 385 g/mol. The molecular weight excluding hydrogens is 348 g/mol. The molecule has 1 aromatic carbocycles. The highest BCUT2D eigenvalue weighted by molar-refractivity contribution is 5.76. The Morgan fingerprint density at radius 2 is 1.75 bits per heavy atom. The van der Waals surface area contributed by atoms with Gasteiger partial charge >= 0.3 is 0 Å². The van der Waals surface area contributed by atoms with Crippen molar-refractivity contribution in [3.8, 4) is 0 Å². The lowest BCUT2D eigenvalue weighted by Gasteiger charge is -2.23. The van der Waals surface area contributed by atoms with E-state index in [0.717, 1.165) is 25.1 Å². The molecule has 1 aromatic heterocycles. The number of methoxy groups -OCH3 is 1. The molecule has 2 rings (SSSR count). The van der Waals surface area contributed by atoms with Crippen LogP contribution in [0.2, 0.25) is 0 Å². The van der Waals surface area contributed by atoms with E-state index in [4.69, 9.17) is 4.74 Å². The summed E-state index contributed by atoms with van der Waals surface area (Å²) in [4.78, 5) is 14.7. The molecule has 1 heterocycles. The van der Waals surface area contributed by atoms with Gasteiger partial charge in [-0.25, -0.2) is 0 Å². The van der Waals surface area contributed by atoms with Gasteiger partial charge < -0.3 is 14.2 Å². The normalized spacial score (nSPS) is 10.9. The predicted octanol–water partition coefficient (Wildman–Crippen LogP) is 5.26. The van der Waals surface area contributed by atoms with E-state index < -0.39 is 0 Å². The fourth-order valence-electron chi connectivity index (χ4n) is 3.43. The number of carbonyl (C=O) groups excluding carboxylic acids is 1. The standard InChI is InChI=1S/C24H36N2O2/c1-3-4-5-6-7-11-16-24(27)26(18-19-28-2)21-23-15-12-17-25(23)20-22-13-9-8-10-14-22/h8-10,12-15,17H,3-7,11,16,18-21H2,1-2H3. The van der Waals surface area contributed by atoms with Crippen LogP contribution < -0.4 is 0 Å². The summed E-state index contributed by atoms with van der Waals surface area (Å²) in [5, 5.41) is 0. The molecule has 0 saturated heterocycles. The van der Waals surface area contributed by atoms with Crippen LogP contribution in [0.15, 0.2) is 48.7 Å². The quantitative estimate of drug-likeness (QED) is 0.416. The van der Waals surface area contributed by atoms with Gasteiger partial charge in [0.05, 0.1) is 13.2 Å². The van der Waals surface area contributed by atoms with Crippen molar-refractivity contribution in [2.24, 2.45) is 0 Å². The van der Waals surface area contributed by atoms with Gasteiger partial charge in [0.2, 0.25) is 5.91 Å². The molecule has 4 heteroatoms. The lowest BCUT2D eigenvalue weighted by molar-refractivity contribution is -0.132. The first-order chi connectivity index (χ1) is 13.7. The Morgan fingerprint density at radius 1 is 1.00 bits per heavy atom. The Hall–Kier alpha value is -2.07. The number of benzene rings is 1. The molecule has 2 aromatic rings. The van der Waals surface area contributed by atoms with Crippen LogP contribution in [0.3, 0.4) is 0 Å². The second-order valence-electron chi connectivity index (χ2n) is 7.44. The summed E-state index contributed by atoms with van der Waals surface area (Å²) >= 11 is 0. The maximum atomic E-state index is 12.8. The number of hydrogen-bond acceptors (Lipinski definition) is 2. The molecule has 4 nitrogen and oxygen atoms in total. The zero-order valence-corrected chi connectivity index (χ0v) is 17.6. The fraction of sp³-hybridized carbons (Fsp3) is 0.542. The van der Waals surface area contributed by atoms with Gasteiger partial charge in [0.25, 0.3) is 0 Å². The summed E-state index contributed by atoms with van der Waals surface area (Å²) < 4.78 is 7.47. The highest BCUT2D eigenvalue weighted by Gasteiger charge is 2.15. The number of rotatable bonds is 14. The van der Waals surface area contributed by atoms with Crippen LogP contribution in [0.25, 0.3) is 0 Å². The van der Waals surface area contributed by atoms with Crippen LogP contribution in [0.1, 0.15) is 63.1 Å². The molecule has 0 atom stereocenters. The Kier molecular flexibility index (Phi) is 10.4. The highest BCUT2D eigenvalue weighted by atomic mass is 16.5. The summed E-state index contributed by atoms with van der Waals surface area (Å²) in [6.07, 6.45) is 9.93. The summed E-state index contributed by atoms with van der Waals surface area (Å²) in [6, 6.07) is 14.6. The lowest BCUT2D eigenvalue weighted by Crippen LogP contribution is -2.34. The summed E-state index contributed by atoms with van der Waals surface area (Å²) in [7, 11) is 1.69. The third-order valence-corrected chi connectivity index (χ3v) is 5.13. The molecule has 0 N–H and O–H groups in total. The number of hydrogen-bond donors (Lipinski definition) is 0. The summed E-state index contributed by atoms with van der Waals surface area (Å²) in [5.41, 5.74) is 2.43. The van der Waals surface area contributed by atoms with Gasteiger partial charge in [0, 0.05) is 38.5 Å². The van der Waals surface area contributed by atoms with Crippen molar-refractivity contribution in [3.63, 3.8) is 0 Å². The molecular formula is C24H36N2O2. The summed E-state index contributed by atoms with van der Waals surface area (Å²) in [5.74, 6) is 0.236. The van der Waals surface area contributed by atoms with E-state index in [0.29, 0.717) is 26.1 Å². The molecule has 1 amide bonds. The lowest BCUT2D eigenvalue weighted by atomic mass is 10.1. The topological polar surface area (TPSA) is 34.5 Å². The average Bonchev–Trinajstić information content (AvgIpc) is 3.15. The van der Waals surface area contributed by atoms with Crippen LogP contribution in [0.4, 0.5) is 0 Å². The third kappa shape index (κ3) is 7.89. The van der Waals surface area contributed by atoms with Crippen LogP contribution >= 0.6 is 0 Å². The van der Waals surface area contributed by atoms with Crippen LogP contribution in [-0.2, 0) is 22.6 Å². The van der Waals surface area contributed by atoms with Crippen LogP contribution in [0, 0.1) is 0 Å². The van der Waals surface area contributed by atoms with Crippen molar-refractivity contribution < 1.29 is 9.53 Å². The van der Waals surface area contributed by atoms with E-state index in [1.165, 1.54) is 31.2 Å². The number of carbonyl (C=O) groups is 1. The maximum Gasteiger partial charge on any atom is 0.222 e. The second kappa shape index (κ2) is 13.2. The van der Waals surface area contributed by atoms with Crippen LogP contribution in [0.5, 0.6) is 0 Å². The summed E-state index contributed by atoms with van der Waals surface area (Å²) in [6.45, 7) is 4.90. The zero-order valence-electron chi connectivity index (χ0n) is 17.6. The Bertz CT molecular complexity index is 666. The van der Waals surface area contributed by atoms with Crippen molar-refractivity contribution in [2.75, 3.05) is 20.3 Å².